The molecule has 2 aliphatic heterocycles. The third-order valence-electron chi connectivity index (χ3n) is 8.43. The first-order chi connectivity index (χ1) is 20.7. The molecule has 3 N–H and O–H groups in total. The third-order valence-corrected chi connectivity index (χ3v) is 9.87. The summed E-state index contributed by atoms with van der Waals surface area (Å²) in [6.45, 7) is 7.34. The number of fused-ring (bicyclic) bond motifs is 3. The maximum Gasteiger partial charge on any atom is 0.225 e. The van der Waals surface area contributed by atoms with Gasteiger partial charge in [-0.15, -0.1) is 21.5 Å². The summed E-state index contributed by atoms with van der Waals surface area (Å²) in [4.78, 5) is 22.0. The van der Waals surface area contributed by atoms with Gasteiger partial charge in [0.2, 0.25) is 5.91 Å². The zero-order valence-electron chi connectivity index (χ0n) is 24.4. The molecule has 4 heterocycles. The topological polar surface area (TPSA) is 110 Å². The van der Waals surface area contributed by atoms with Crippen LogP contribution in [0.5, 0.6) is 0 Å². The number of piperidine rings is 1. The van der Waals surface area contributed by atoms with E-state index in [1.807, 2.05) is 60.4 Å². The van der Waals surface area contributed by atoms with E-state index in [9.17, 15) is 9.90 Å². The fraction of sp³-hybridized carbons (Fsp3) is 0.333. The quantitative estimate of drug-likeness (QED) is 0.315. The van der Waals surface area contributed by atoms with Gasteiger partial charge in [0.15, 0.2) is 5.82 Å². The number of aromatic nitrogens is 3. The van der Waals surface area contributed by atoms with E-state index in [4.69, 9.17) is 22.3 Å². The second-order valence-corrected chi connectivity index (χ2v) is 12.7. The molecule has 43 heavy (non-hydrogen) atoms. The number of aliphatic hydroxyl groups is 1. The van der Waals surface area contributed by atoms with Crippen molar-refractivity contribution in [3.05, 3.63) is 97.9 Å². The Morgan fingerprint density at radius 3 is 2.47 bits per heavy atom. The molecule has 8 nitrogen and oxygen atoms in total. The van der Waals surface area contributed by atoms with Crippen LogP contribution in [0.3, 0.4) is 0 Å². The fourth-order valence-corrected chi connectivity index (χ4v) is 7.20. The average molecular weight is 613 g/mol. The maximum absolute atomic E-state index is 13.8. The molecule has 10 heteroatoms. The van der Waals surface area contributed by atoms with Crippen molar-refractivity contribution >= 4 is 34.6 Å². The molecule has 0 bridgehead atoms. The standard InChI is InChI=1S/C33H33ClN6O2S/c1-20-21(2)43-32-29(20)30(24-8-12-26(34)13-9-24)36-27(31-38-37-22(3)40(31)32)19-28(41)39-17-14-33(42,15-18-39)25-10-6-23(7-11-25)5-4-16-35/h6-13,27,42H,14-19,35H2,1-3H3/t27-/m0/s1. The molecule has 4 aromatic rings. The first-order valence-electron chi connectivity index (χ1n) is 14.3. The van der Waals surface area contributed by atoms with Crippen LogP contribution in [0.25, 0.3) is 5.00 Å². The van der Waals surface area contributed by atoms with Crippen LogP contribution in [0.15, 0.2) is 53.5 Å². The van der Waals surface area contributed by atoms with Crippen molar-refractivity contribution in [2.75, 3.05) is 19.6 Å². The Morgan fingerprint density at radius 2 is 1.79 bits per heavy atom. The van der Waals surface area contributed by atoms with Crippen LogP contribution in [0, 0.1) is 32.6 Å². The first kappa shape index (κ1) is 29.3. The monoisotopic (exact) mass is 612 g/mol. The zero-order chi connectivity index (χ0) is 30.3. The Morgan fingerprint density at radius 1 is 1.09 bits per heavy atom. The molecule has 2 aromatic heterocycles. The van der Waals surface area contributed by atoms with Gasteiger partial charge in [0.05, 0.1) is 24.3 Å². The number of aliphatic imine (C=N–C) groups is 1. The lowest BCUT2D eigenvalue weighted by molar-refractivity contribution is -0.136. The lowest BCUT2D eigenvalue weighted by atomic mass is 9.84. The molecular weight excluding hydrogens is 580 g/mol. The molecular formula is C33H33ClN6O2S. The van der Waals surface area contributed by atoms with E-state index < -0.39 is 11.6 Å². The molecule has 1 saturated heterocycles. The van der Waals surface area contributed by atoms with E-state index in [-0.39, 0.29) is 12.3 Å². The number of halogens is 1. The summed E-state index contributed by atoms with van der Waals surface area (Å²) < 4.78 is 2.06. The Labute approximate surface area is 260 Å². The van der Waals surface area contributed by atoms with Gasteiger partial charge in [-0.05, 0) is 69.0 Å². The zero-order valence-corrected chi connectivity index (χ0v) is 26.0. The van der Waals surface area contributed by atoms with Crippen LogP contribution in [-0.2, 0) is 10.4 Å². The number of likely N-dealkylation sites (tertiary alicyclic amines) is 1. The number of carbonyl (C=O) groups excluding carboxylic acids is 1. The Kier molecular flexibility index (Phi) is 7.96. The van der Waals surface area contributed by atoms with Gasteiger partial charge < -0.3 is 15.7 Å². The highest BCUT2D eigenvalue weighted by Crippen LogP contribution is 2.40. The van der Waals surface area contributed by atoms with E-state index >= 15 is 0 Å². The average Bonchev–Trinajstić information content (AvgIpc) is 3.48. The number of carbonyl (C=O) groups is 1. The van der Waals surface area contributed by atoms with E-state index in [0.717, 1.165) is 44.4 Å². The van der Waals surface area contributed by atoms with E-state index in [2.05, 4.69) is 40.5 Å². The van der Waals surface area contributed by atoms with Gasteiger partial charge in [-0.3, -0.25) is 14.4 Å². The molecule has 2 aliphatic rings. The molecule has 0 unspecified atom stereocenters. The number of nitrogens with zero attached hydrogens (tertiary/aromatic N) is 5. The molecule has 1 atom stereocenters. The number of hydrogen-bond acceptors (Lipinski definition) is 7. The predicted octanol–water partition coefficient (Wildman–Crippen LogP) is 5.01. The SMILES string of the molecule is Cc1sc2c(c1C)C(c1ccc(Cl)cc1)=N[C@@H](CC(=O)N1CCC(O)(c3ccc(C#CCN)cc3)CC1)c1nnc(C)n1-2. The third kappa shape index (κ3) is 5.52. The summed E-state index contributed by atoms with van der Waals surface area (Å²) in [5, 5.41) is 22.0. The molecule has 0 saturated carbocycles. The van der Waals surface area contributed by atoms with Gasteiger partial charge in [0.25, 0.3) is 0 Å². The van der Waals surface area contributed by atoms with Gasteiger partial charge in [-0.2, -0.15) is 0 Å². The van der Waals surface area contributed by atoms with E-state index in [1.165, 1.54) is 4.88 Å². The smallest absolute Gasteiger partial charge is 0.225 e. The second kappa shape index (κ2) is 11.7. The molecule has 2 aromatic carbocycles. The van der Waals surface area contributed by atoms with Gasteiger partial charge in [-0.25, -0.2) is 0 Å². The second-order valence-electron chi connectivity index (χ2n) is 11.1. The van der Waals surface area contributed by atoms with Crippen molar-refractivity contribution < 1.29 is 9.90 Å². The number of aryl methyl sites for hydroxylation is 2. The predicted molar refractivity (Wildman–Crippen MR) is 170 cm³/mol. The summed E-state index contributed by atoms with van der Waals surface area (Å²) in [6.07, 6.45) is 1.04. The molecule has 0 radical (unpaired) electrons. The fourth-order valence-electron chi connectivity index (χ4n) is 5.86. The van der Waals surface area contributed by atoms with Crippen molar-refractivity contribution in [3.63, 3.8) is 0 Å². The largest absolute Gasteiger partial charge is 0.385 e. The number of benzene rings is 2. The molecule has 220 valence electrons. The summed E-state index contributed by atoms with van der Waals surface area (Å²) in [6, 6.07) is 14.8. The number of hydrogen-bond donors (Lipinski definition) is 2. The minimum absolute atomic E-state index is 0.0241. The van der Waals surface area contributed by atoms with Crippen molar-refractivity contribution in [3.8, 4) is 16.8 Å². The van der Waals surface area contributed by atoms with Gasteiger partial charge in [-0.1, -0.05) is 47.7 Å². The molecule has 0 spiro atoms. The maximum atomic E-state index is 13.8. The number of amides is 1. The van der Waals surface area contributed by atoms with E-state index in [0.29, 0.717) is 43.3 Å². The summed E-state index contributed by atoms with van der Waals surface area (Å²) in [7, 11) is 0. The Balaban J connectivity index is 1.27. The molecule has 1 fully saturated rings. The number of nitrogens with two attached hydrogens (primary N) is 1. The minimum Gasteiger partial charge on any atom is -0.385 e. The normalized spacial score (nSPS) is 17.3. The highest BCUT2D eigenvalue weighted by molar-refractivity contribution is 7.15. The summed E-state index contributed by atoms with van der Waals surface area (Å²) >= 11 is 7.91. The molecule has 1 amide bonds. The summed E-state index contributed by atoms with van der Waals surface area (Å²) in [5.41, 5.74) is 10.1. The van der Waals surface area contributed by atoms with Crippen LogP contribution in [0.4, 0.5) is 0 Å². The Hall–Kier alpha value is -3.81. The van der Waals surface area contributed by atoms with Gasteiger partial charge in [0, 0.05) is 39.7 Å². The van der Waals surface area contributed by atoms with Crippen molar-refractivity contribution in [1.29, 1.82) is 0 Å². The van der Waals surface area contributed by atoms with Crippen LogP contribution in [0.2, 0.25) is 5.02 Å². The van der Waals surface area contributed by atoms with E-state index in [1.54, 1.807) is 11.3 Å². The van der Waals surface area contributed by atoms with Crippen molar-refractivity contribution in [2.24, 2.45) is 10.7 Å². The highest BCUT2D eigenvalue weighted by Gasteiger charge is 2.37. The minimum atomic E-state index is -1.00. The molecule has 0 aliphatic carbocycles. The lowest BCUT2D eigenvalue weighted by Gasteiger charge is -2.38. The summed E-state index contributed by atoms with van der Waals surface area (Å²) in [5.74, 6) is 7.24. The van der Waals surface area contributed by atoms with Crippen LogP contribution in [-0.4, -0.2) is 56.0 Å². The number of thiophene rings is 1. The van der Waals surface area contributed by atoms with Crippen LogP contribution < -0.4 is 5.73 Å². The van der Waals surface area contributed by atoms with Crippen molar-refractivity contribution in [2.45, 2.75) is 51.7 Å². The molecule has 6 rings (SSSR count). The van der Waals surface area contributed by atoms with Crippen LogP contribution >= 0.6 is 22.9 Å². The Bertz CT molecular complexity index is 1770. The highest BCUT2D eigenvalue weighted by atomic mass is 35.5. The van der Waals surface area contributed by atoms with Gasteiger partial charge in [0.1, 0.15) is 16.9 Å². The van der Waals surface area contributed by atoms with Gasteiger partial charge >= 0.3 is 0 Å². The van der Waals surface area contributed by atoms with Crippen molar-refractivity contribution in [1.82, 2.24) is 19.7 Å². The number of rotatable bonds is 4. The lowest BCUT2D eigenvalue weighted by Crippen LogP contribution is -2.45. The first-order valence-corrected chi connectivity index (χ1v) is 15.5. The van der Waals surface area contributed by atoms with Crippen LogP contribution in [0.1, 0.15) is 69.6 Å².